The van der Waals surface area contributed by atoms with Crippen LogP contribution in [0.2, 0.25) is 0 Å². The van der Waals surface area contributed by atoms with Crippen LogP contribution in [0.4, 0.5) is 0 Å². The maximum atomic E-state index is 13.0. The zero-order chi connectivity index (χ0) is 21.3. The molecule has 3 unspecified atom stereocenters. The molecule has 2 saturated carbocycles. The molecule has 164 valence electrons. The van der Waals surface area contributed by atoms with Crippen molar-refractivity contribution in [3.05, 3.63) is 47.2 Å². The fourth-order valence-electron chi connectivity index (χ4n) is 5.11. The van der Waals surface area contributed by atoms with Gasteiger partial charge in [0.2, 0.25) is 6.29 Å². The molecular formula is C25H35NO4. The number of hydrogen-bond donors (Lipinski definition) is 2. The van der Waals surface area contributed by atoms with Gasteiger partial charge in [0.15, 0.2) is 5.76 Å². The summed E-state index contributed by atoms with van der Waals surface area (Å²) in [5.41, 5.74) is 1.92. The Bertz CT molecular complexity index is 779. The van der Waals surface area contributed by atoms with Gasteiger partial charge < -0.3 is 19.9 Å². The normalized spacial score (nSPS) is 30.7. The Morgan fingerprint density at radius 3 is 2.47 bits per heavy atom. The van der Waals surface area contributed by atoms with E-state index in [-0.39, 0.29) is 23.8 Å². The van der Waals surface area contributed by atoms with Gasteiger partial charge in [-0.1, -0.05) is 51.5 Å². The summed E-state index contributed by atoms with van der Waals surface area (Å²) in [7, 11) is 0. The molecule has 0 aromatic heterocycles. The molecule has 1 heterocycles. The predicted molar refractivity (Wildman–Crippen MR) is 115 cm³/mol. The number of aliphatic hydroxyl groups is 1. The largest absolute Gasteiger partial charge is 0.459 e. The second-order valence-electron chi connectivity index (χ2n) is 10.3. The van der Waals surface area contributed by atoms with Gasteiger partial charge in [-0.3, -0.25) is 4.79 Å². The summed E-state index contributed by atoms with van der Waals surface area (Å²) in [4.78, 5) is 13.0. The van der Waals surface area contributed by atoms with Crippen LogP contribution in [0.25, 0.3) is 0 Å². The van der Waals surface area contributed by atoms with Gasteiger partial charge in [0.25, 0.3) is 5.91 Å². The number of carbonyl (C=O) groups is 1. The molecule has 2 bridgehead atoms. The average molecular weight is 414 g/mol. The lowest BCUT2D eigenvalue weighted by Gasteiger charge is -2.36. The van der Waals surface area contributed by atoms with Gasteiger partial charge in [-0.05, 0) is 59.6 Å². The van der Waals surface area contributed by atoms with Crippen LogP contribution in [0.5, 0.6) is 0 Å². The fraction of sp³-hybridized carbons (Fsp3) is 0.640. The Kier molecular flexibility index (Phi) is 6.21. The molecule has 1 aromatic rings. The van der Waals surface area contributed by atoms with Crippen molar-refractivity contribution < 1.29 is 19.4 Å². The number of hydrogen-bond acceptors (Lipinski definition) is 4. The molecule has 3 aliphatic rings. The maximum Gasteiger partial charge on any atom is 0.286 e. The highest BCUT2D eigenvalue weighted by Crippen LogP contribution is 2.44. The minimum absolute atomic E-state index is 0.0200. The van der Waals surface area contributed by atoms with Crippen molar-refractivity contribution in [2.24, 2.45) is 23.2 Å². The standard InChI is InChI=1S/C25H35NO4/c1-25(2,3)20-12-22(24(28)26-21-11-18-8-9-19(21)10-18)30-23(13-20)29-15-17-6-4-16(14-27)5-7-17/h4-7,12,18-21,23,27H,8-11,13-15H2,1-3H3,(H,26,28)/t18?,19?,20-,21?,23+/m1/s1. The molecule has 5 atom stereocenters. The summed E-state index contributed by atoms with van der Waals surface area (Å²) >= 11 is 0. The second-order valence-corrected chi connectivity index (χ2v) is 10.3. The second kappa shape index (κ2) is 8.72. The van der Waals surface area contributed by atoms with Crippen LogP contribution in [-0.4, -0.2) is 23.3 Å². The van der Waals surface area contributed by atoms with Crippen molar-refractivity contribution in [2.75, 3.05) is 0 Å². The van der Waals surface area contributed by atoms with E-state index in [0.717, 1.165) is 29.9 Å². The number of benzene rings is 1. The lowest BCUT2D eigenvalue weighted by atomic mass is 9.77. The van der Waals surface area contributed by atoms with E-state index in [9.17, 15) is 9.90 Å². The van der Waals surface area contributed by atoms with Crippen LogP contribution in [0, 0.1) is 23.2 Å². The number of nitrogens with one attached hydrogen (secondary N) is 1. The zero-order valence-electron chi connectivity index (χ0n) is 18.4. The van der Waals surface area contributed by atoms with Crippen molar-refractivity contribution in [2.45, 2.75) is 78.4 Å². The predicted octanol–water partition coefficient (Wildman–Crippen LogP) is 4.29. The molecular weight excluding hydrogens is 378 g/mol. The first kappa shape index (κ1) is 21.4. The van der Waals surface area contributed by atoms with Crippen LogP contribution < -0.4 is 5.32 Å². The molecule has 1 aromatic carbocycles. The number of amides is 1. The summed E-state index contributed by atoms with van der Waals surface area (Å²) in [6.07, 6.45) is 7.20. The van der Waals surface area contributed by atoms with Gasteiger partial charge in [-0.2, -0.15) is 0 Å². The molecule has 2 fully saturated rings. The van der Waals surface area contributed by atoms with Crippen LogP contribution in [0.15, 0.2) is 36.1 Å². The quantitative estimate of drug-likeness (QED) is 0.730. The lowest BCUT2D eigenvalue weighted by molar-refractivity contribution is -0.157. The van der Waals surface area contributed by atoms with E-state index >= 15 is 0 Å². The first-order valence-electron chi connectivity index (χ1n) is 11.3. The molecule has 5 heteroatoms. The summed E-state index contributed by atoms with van der Waals surface area (Å²) in [6, 6.07) is 7.99. The molecule has 0 saturated heterocycles. The molecule has 4 rings (SSSR count). The van der Waals surface area contributed by atoms with Crippen molar-refractivity contribution >= 4 is 5.91 Å². The highest BCUT2D eigenvalue weighted by molar-refractivity contribution is 5.91. The monoisotopic (exact) mass is 413 g/mol. The highest BCUT2D eigenvalue weighted by Gasteiger charge is 2.41. The molecule has 30 heavy (non-hydrogen) atoms. The molecule has 1 aliphatic heterocycles. The van der Waals surface area contributed by atoms with E-state index in [1.165, 1.54) is 19.3 Å². The third-order valence-electron chi connectivity index (χ3n) is 7.09. The Balaban J connectivity index is 1.40. The number of carbonyl (C=O) groups excluding carboxylic acids is 1. The third kappa shape index (κ3) is 4.89. The molecule has 2 N–H and O–H groups in total. The summed E-state index contributed by atoms with van der Waals surface area (Å²) in [5.74, 6) is 1.94. The lowest BCUT2D eigenvalue weighted by Crippen LogP contribution is -2.42. The van der Waals surface area contributed by atoms with Gasteiger partial charge in [0.1, 0.15) is 0 Å². The Morgan fingerprint density at radius 1 is 1.13 bits per heavy atom. The Morgan fingerprint density at radius 2 is 1.87 bits per heavy atom. The third-order valence-corrected chi connectivity index (χ3v) is 7.09. The molecule has 0 radical (unpaired) electrons. The van der Waals surface area contributed by atoms with E-state index in [1.54, 1.807) is 0 Å². The smallest absolute Gasteiger partial charge is 0.286 e. The number of rotatable bonds is 6. The Hall–Kier alpha value is -1.85. The zero-order valence-corrected chi connectivity index (χ0v) is 18.4. The first-order chi connectivity index (χ1) is 14.3. The minimum atomic E-state index is -0.447. The van der Waals surface area contributed by atoms with E-state index < -0.39 is 6.29 Å². The topological polar surface area (TPSA) is 67.8 Å². The fourth-order valence-corrected chi connectivity index (χ4v) is 5.11. The molecule has 2 aliphatic carbocycles. The van der Waals surface area contributed by atoms with Crippen LogP contribution in [-0.2, 0) is 27.5 Å². The SMILES string of the molecule is CC(C)(C)[C@@H]1C=C(C(=O)NC2CC3CCC2C3)O[C@H](OCc2ccc(CO)cc2)C1. The van der Waals surface area contributed by atoms with E-state index in [1.807, 2.05) is 30.3 Å². The molecule has 5 nitrogen and oxygen atoms in total. The summed E-state index contributed by atoms with van der Waals surface area (Å²) < 4.78 is 12.1. The average Bonchev–Trinajstić information content (AvgIpc) is 3.35. The number of allylic oxidation sites excluding steroid dienone is 1. The first-order valence-corrected chi connectivity index (χ1v) is 11.3. The number of aliphatic hydroxyl groups excluding tert-OH is 1. The van der Waals surface area contributed by atoms with Gasteiger partial charge in [-0.15, -0.1) is 0 Å². The molecule has 0 spiro atoms. The van der Waals surface area contributed by atoms with Gasteiger partial charge in [-0.25, -0.2) is 0 Å². The van der Waals surface area contributed by atoms with Gasteiger partial charge >= 0.3 is 0 Å². The van der Waals surface area contributed by atoms with Crippen molar-refractivity contribution in [1.82, 2.24) is 5.32 Å². The van der Waals surface area contributed by atoms with Crippen molar-refractivity contribution in [3.63, 3.8) is 0 Å². The van der Waals surface area contributed by atoms with Crippen LogP contribution >= 0.6 is 0 Å². The highest BCUT2D eigenvalue weighted by atomic mass is 16.7. The van der Waals surface area contributed by atoms with E-state index in [2.05, 4.69) is 26.1 Å². The Labute approximate surface area is 179 Å². The summed E-state index contributed by atoms with van der Waals surface area (Å²) in [5, 5.41) is 12.4. The van der Waals surface area contributed by atoms with Gasteiger partial charge in [0.05, 0.1) is 13.2 Å². The minimum Gasteiger partial charge on any atom is -0.459 e. The number of ether oxygens (including phenoxy) is 2. The van der Waals surface area contributed by atoms with E-state index in [4.69, 9.17) is 9.47 Å². The van der Waals surface area contributed by atoms with Crippen molar-refractivity contribution in [3.8, 4) is 0 Å². The van der Waals surface area contributed by atoms with Crippen molar-refractivity contribution in [1.29, 1.82) is 0 Å². The van der Waals surface area contributed by atoms with Crippen LogP contribution in [0.3, 0.4) is 0 Å². The van der Waals surface area contributed by atoms with Crippen LogP contribution in [0.1, 0.15) is 64.0 Å². The van der Waals surface area contributed by atoms with Gasteiger partial charge in [0, 0.05) is 12.5 Å². The number of fused-ring (bicyclic) bond motifs is 2. The van der Waals surface area contributed by atoms with E-state index in [0.29, 0.717) is 24.3 Å². The molecule has 1 amide bonds. The maximum absolute atomic E-state index is 13.0. The summed E-state index contributed by atoms with van der Waals surface area (Å²) in [6.45, 7) is 7.02.